The Morgan fingerprint density at radius 2 is 2.07 bits per heavy atom. The van der Waals surface area contributed by atoms with Crippen molar-refractivity contribution < 1.29 is 22.8 Å². The van der Waals surface area contributed by atoms with Gasteiger partial charge in [-0.1, -0.05) is 12.1 Å². The third-order valence-corrected chi connectivity index (χ3v) is 6.81. The second kappa shape index (κ2) is 7.98. The molecule has 3 amide bonds. The molecule has 1 aromatic rings. The first-order chi connectivity index (χ1) is 13.2. The molecule has 1 fully saturated rings. The SMILES string of the molecule is CS(=O)(=O)C(CN)CNCc1cccc2c1CN(C1CCC(=O)NC1=O)C2=O. The summed E-state index contributed by atoms with van der Waals surface area (Å²) in [7, 11) is -3.25. The Balaban J connectivity index is 1.72. The quantitative estimate of drug-likeness (QED) is 0.487. The van der Waals surface area contributed by atoms with Crippen molar-refractivity contribution in [3.8, 4) is 0 Å². The van der Waals surface area contributed by atoms with Crippen molar-refractivity contribution in [3.63, 3.8) is 0 Å². The lowest BCUT2D eigenvalue weighted by atomic mass is 10.0. The molecule has 28 heavy (non-hydrogen) atoms. The molecule has 0 radical (unpaired) electrons. The van der Waals surface area contributed by atoms with Gasteiger partial charge in [-0.2, -0.15) is 0 Å². The molecular weight excluding hydrogens is 384 g/mol. The number of fused-ring (bicyclic) bond motifs is 1. The molecule has 2 heterocycles. The number of carbonyl (C=O) groups excluding carboxylic acids is 3. The maximum atomic E-state index is 12.8. The Kier molecular flexibility index (Phi) is 5.82. The smallest absolute Gasteiger partial charge is 0.255 e. The number of nitrogens with two attached hydrogens (primary N) is 1. The Morgan fingerprint density at radius 1 is 1.32 bits per heavy atom. The summed E-state index contributed by atoms with van der Waals surface area (Å²) in [4.78, 5) is 37.8. The van der Waals surface area contributed by atoms with Crippen LogP contribution in [-0.4, -0.2) is 61.7 Å². The van der Waals surface area contributed by atoms with Crippen LogP contribution in [0.2, 0.25) is 0 Å². The first-order valence-corrected chi connectivity index (χ1v) is 11.0. The largest absolute Gasteiger partial charge is 0.329 e. The third-order valence-electron chi connectivity index (χ3n) is 5.23. The topological polar surface area (TPSA) is 139 Å². The molecule has 2 unspecified atom stereocenters. The number of rotatable bonds is 7. The van der Waals surface area contributed by atoms with E-state index in [4.69, 9.17) is 5.73 Å². The fraction of sp³-hybridized carbons (Fsp3) is 0.500. The van der Waals surface area contributed by atoms with Crippen molar-refractivity contribution >= 4 is 27.6 Å². The van der Waals surface area contributed by atoms with Crippen molar-refractivity contribution in [2.24, 2.45) is 5.73 Å². The van der Waals surface area contributed by atoms with Gasteiger partial charge in [0.15, 0.2) is 9.84 Å². The van der Waals surface area contributed by atoms with Crippen molar-refractivity contribution in [1.82, 2.24) is 15.5 Å². The molecule has 9 nitrogen and oxygen atoms in total. The van der Waals surface area contributed by atoms with E-state index in [2.05, 4.69) is 10.6 Å². The Morgan fingerprint density at radius 3 is 2.71 bits per heavy atom. The van der Waals surface area contributed by atoms with Gasteiger partial charge in [0.2, 0.25) is 11.8 Å². The molecule has 0 saturated carbocycles. The van der Waals surface area contributed by atoms with Crippen molar-refractivity contribution in [1.29, 1.82) is 0 Å². The van der Waals surface area contributed by atoms with Crippen LogP contribution < -0.4 is 16.4 Å². The lowest BCUT2D eigenvalue weighted by Gasteiger charge is -2.29. The highest BCUT2D eigenvalue weighted by molar-refractivity contribution is 7.91. The summed E-state index contributed by atoms with van der Waals surface area (Å²) in [6.45, 7) is 0.903. The number of nitrogens with one attached hydrogen (secondary N) is 2. The number of imide groups is 1. The molecule has 2 aliphatic rings. The summed E-state index contributed by atoms with van der Waals surface area (Å²) in [5.74, 6) is -1.01. The summed E-state index contributed by atoms with van der Waals surface area (Å²) in [5, 5.41) is 4.71. The van der Waals surface area contributed by atoms with Crippen LogP contribution in [0.25, 0.3) is 0 Å². The lowest BCUT2D eigenvalue weighted by molar-refractivity contribution is -0.136. The summed E-state index contributed by atoms with van der Waals surface area (Å²) in [6, 6.07) is 4.68. The molecule has 1 aromatic carbocycles. The van der Waals surface area contributed by atoms with Crippen LogP contribution in [0.15, 0.2) is 18.2 Å². The van der Waals surface area contributed by atoms with Gasteiger partial charge < -0.3 is 16.0 Å². The predicted molar refractivity (Wildman–Crippen MR) is 102 cm³/mol. The second-order valence-electron chi connectivity index (χ2n) is 7.16. The monoisotopic (exact) mass is 408 g/mol. The van der Waals surface area contributed by atoms with E-state index in [1.165, 1.54) is 4.90 Å². The average molecular weight is 408 g/mol. The van der Waals surface area contributed by atoms with E-state index in [0.717, 1.165) is 17.4 Å². The number of amides is 3. The van der Waals surface area contributed by atoms with Crippen LogP contribution in [0, 0.1) is 0 Å². The van der Waals surface area contributed by atoms with Crippen molar-refractivity contribution in [2.75, 3.05) is 19.3 Å². The number of hydrogen-bond donors (Lipinski definition) is 3. The van der Waals surface area contributed by atoms with E-state index in [1.54, 1.807) is 12.1 Å². The highest BCUT2D eigenvalue weighted by atomic mass is 32.2. The maximum Gasteiger partial charge on any atom is 0.255 e. The number of sulfone groups is 1. The van der Waals surface area contributed by atoms with Gasteiger partial charge in [-0.25, -0.2) is 8.42 Å². The van der Waals surface area contributed by atoms with E-state index in [0.29, 0.717) is 18.5 Å². The summed E-state index contributed by atoms with van der Waals surface area (Å²) < 4.78 is 23.3. The van der Waals surface area contributed by atoms with E-state index in [1.807, 2.05) is 6.07 Å². The zero-order valence-electron chi connectivity index (χ0n) is 15.6. The van der Waals surface area contributed by atoms with Crippen LogP contribution in [0.5, 0.6) is 0 Å². The van der Waals surface area contributed by atoms with Gasteiger partial charge in [0.1, 0.15) is 6.04 Å². The van der Waals surface area contributed by atoms with Gasteiger partial charge in [-0.3, -0.25) is 19.7 Å². The minimum absolute atomic E-state index is 0.0283. The molecule has 4 N–H and O–H groups in total. The van der Waals surface area contributed by atoms with Crippen LogP contribution in [0.1, 0.15) is 34.3 Å². The van der Waals surface area contributed by atoms with Crippen molar-refractivity contribution in [3.05, 3.63) is 34.9 Å². The molecule has 2 atom stereocenters. The molecule has 10 heteroatoms. The molecule has 1 saturated heterocycles. The first-order valence-electron chi connectivity index (χ1n) is 9.07. The zero-order chi connectivity index (χ0) is 20.5. The van der Waals surface area contributed by atoms with Gasteiger partial charge in [-0.15, -0.1) is 0 Å². The Bertz CT molecular complexity index is 915. The molecular formula is C18H24N4O5S. The van der Waals surface area contributed by atoms with E-state index >= 15 is 0 Å². The molecule has 2 aliphatic heterocycles. The zero-order valence-corrected chi connectivity index (χ0v) is 16.4. The number of hydrogen-bond acceptors (Lipinski definition) is 7. The number of carbonyl (C=O) groups is 3. The molecule has 0 bridgehead atoms. The summed E-state index contributed by atoms with van der Waals surface area (Å²) in [6.07, 6.45) is 1.67. The lowest BCUT2D eigenvalue weighted by Crippen LogP contribution is -2.52. The Labute approximate surface area is 163 Å². The van der Waals surface area contributed by atoms with E-state index < -0.39 is 27.0 Å². The Hall–Kier alpha value is -2.30. The van der Waals surface area contributed by atoms with E-state index in [-0.39, 0.29) is 37.9 Å². The molecule has 3 rings (SSSR count). The van der Waals surface area contributed by atoms with Crippen LogP contribution in [0.3, 0.4) is 0 Å². The molecule has 0 spiro atoms. The fourth-order valence-electron chi connectivity index (χ4n) is 3.59. The van der Waals surface area contributed by atoms with Crippen LogP contribution >= 0.6 is 0 Å². The average Bonchev–Trinajstić information content (AvgIpc) is 2.95. The van der Waals surface area contributed by atoms with Crippen LogP contribution in [-0.2, 0) is 32.5 Å². The number of benzene rings is 1. The summed E-state index contributed by atoms with van der Waals surface area (Å²) >= 11 is 0. The fourth-order valence-corrected chi connectivity index (χ4v) is 4.36. The van der Waals surface area contributed by atoms with Gasteiger partial charge in [-0.05, 0) is 23.6 Å². The molecule has 152 valence electrons. The summed E-state index contributed by atoms with van der Waals surface area (Å²) in [5.41, 5.74) is 7.75. The second-order valence-corrected chi connectivity index (χ2v) is 9.49. The maximum absolute atomic E-state index is 12.8. The van der Waals surface area contributed by atoms with Gasteiger partial charge in [0, 0.05) is 44.4 Å². The highest BCUT2D eigenvalue weighted by Crippen LogP contribution is 2.29. The van der Waals surface area contributed by atoms with E-state index in [9.17, 15) is 22.8 Å². The first kappa shape index (κ1) is 20.4. The normalized spacial score (nSPS) is 20.9. The van der Waals surface area contributed by atoms with Gasteiger partial charge >= 0.3 is 0 Å². The van der Waals surface area contributed by atoms with Gasteiger partial charge in [0.05, 0.1) is 5.25 Å². The minimum atomic E-state index is -3.25. The standard InChI is InChI=1S/C18H24N4O5S/c1-28(26,27)12(7-19)9-20-8-11-3-2-4-13-14(11)10-22(18(13)25)15-5-6-16(23)21-17(15)24/h2-4,12,15,20H,5-10,19H2,1H3,(H,21,23,24). The predicted octanol–water partition coefficient (Wildman–Crippen LogP) is -1.09. The van der Waals surface area contributed by atoms with Crippen molar-refractivity contribution in [2.45, 2.75) is 37.2 Å². The minimum Gasteiger partial charge on any atom is -0.329 e. The highest BCUT2D eigenvalue weighted by Gasteiger charge is 2.39. The number of nitrogens with zero attached hydrogens (tertiary/aromatic N) is 1. The third kappa shape index (κ3) is 4.08. The molecule has 0 aliphatic carbocycles. The van der Waals surface area contributed by atoms with Gasteiger partial charge in [0.25, 0.3) is 5.91 Å². The number of piperidine rings is 1. The van der Waals surface area contributed by atoms with Crippen LogP contribution in [0.4, 0.5) is 0 Å². The molecule has 0 aromatic heterocycles.